The number of rotatable bonds is 7. The Hall–Kier alpha value is -4.53. The topological polar surface area (TPSA) is 98.7 Å². The second kappa shape index (κ2) is 9.41. The van der Waals surface area contributed by atoms with Crippen molar-refractivity contribution in [2.24, 2.45) is 7.05 Å². The predicted molar refractivity (Wildman–Crippen MR) is 127 cm³/mol. The van der Waals surface area contributed by atoms with E-state index in [1.807, 2.05) is 0 Å². The Morgan fingerprint density at radius 3 is 2.55 bits per heavy atom. The van der Waals surface area contributed by atoms with Crippen LogP contribution in [0, 0.1) is 18.2 Å². The Morgan fingerprint density at radius 1 is 1.18 bits per heavy atom. The van der Waals surface area contributed by atoms with E-state index in [-0.39, 0.29) is 36.4 Å². The van der Waals surface area contributed by atoms with E-state index in [0.717, 1.165) is 11.6 Å². The molecule has 4 aromatic rings. The summed E-state index contributed by atoms with van der Waals surface area (Å²) in [7, 11) is 1.77. The van der Waals surface area contributed by atoms with E-state index in [0.29, 0.717) is 29.1 Å². The van der Waals surface area contributed by atoms with Crippen LogP contribution < -0.4 is 5.32 Å². The van der Waals surface area contributed by atoms with Crippen LogP contribution in [-0.2, 0) is 30.1 Å². The lowest BCUT2D eigenvalue weighted by molar-refractivity contribution is -0.165. The highest BCUT2D eigenvalue weighted by molar-refractivity contribution is 5.91. The zero-order valence-corrected chi connectivity index (χ0v) is 20.0. The van der Waals surface area contributed by atoms with Crippen molar-refractivity contribution >= 4 is 11.7 Å². The number of benzene rings is 1. The summed E-state index contributed by atoms with van der Waals surface area (Å²) in [5, 5.41) is 10.0. The molecule has 1 saturated carbocycles. The van der Waals surface area contributed by atoms with Gasteiger partial charge in [-0.25, -0.2) is 14.4 Å². The minimum absolute atomic E-state index is 0.0956. The number of carbonyl (C=O) groups excluding carboxylic acids is 1. The molecule has 0 spiro atoms. The minimum atomic E-state index is -4.46. The van der Waals surface area contributed by atoms with Crippen LogP contribution >= 0.6 is 0 Å². The Kier molecular flexibility index (Phi) is 6.22. The van der Waals surface area contributed by atoms with Crippen LogP contribution in [0.5, 0.6) is 0 Å². The Morgan fingerprint density at radius 2 is 1.92 bits per heavy atom. The van der Waals surface area contributed by atoms with Gasteiger partial charge in [0.25, 0.3) is 0 Å². The van der Waals surface area contributed by atoms with Crippen molar-refractivity contribution in [1.29, 1.82) is 0 Å². The van der Waals surface area contributed by atoms with Gasteiger partial charge >= 0.3 is 6.18 Å². The van der Waals surface area contributed by atoms with E-state index in [1.165, 1.54) is 12.1 Å². The summed E-state index contributed by atoms with van der Waals surface area (Å²) >= 11 is 0. The van der Waals surface area contributed by atoms with Crippen molar-refractivity contribution < 1.29 is 26.9 Å². The largest absolute Gasteiger partial charge is 0.401 e. The molecule has 12 heteroatoms. The number of hydrogen-bond donors (Lipinski definition) is 1. The number of carbonyl (C=O) groups is 1. The maximum atomic E-state index is 14.8. The van der Waals surface area contributed by atoms with Gasteiger partial charge in [0.2, 0.25) is 5.91 Å². The Balaban J connectivity index is 1.22. The quantitative estimate of drug-likeness (QED) is 0.285. The van der Waals surface area contributed by atoms with Crippen molar-refractivity contribution in [1.82, 2.24) is 24.9 Å². The highest BCUT2D eigenvalue weighted by Crippen LogP contribution is 2.59. The van der Waals surface area contributed by atoms with E-state index in [1.54, 1.807) is 36.4 Å². The first-order valence-corrected chi connectivity index (χ1v) is 11.5. The van der Waals surface area contributed by atoms with Gasteiger partial charge in [-0.2, -0.15) is 18.3 Å². The van der Waals surface area contributed by atoms with Gasteiger partial charge in [-0.1, -0.05) is 17.3 Å². The van der Waals surface area contributed by atoms with E-state index in [9.17, 15) is 22.4 Å². The van der Waals surface area contributed by atoms with Crippen molar-refractivity contribution in [3.63, 3.8) is 0 Å². The zero-order chi connectivity index (χ0) is 27.1. The fourth-order valence-electron chi connectivity index (χ4n) is 4.14. The van der Waals surface area contributed by atoms with Crippen LogP contribution in [-0.4, -0.2) is 37.0 Å². The number of alkyl halides is 3. The summed E-state index contributed by atoms with van der Waals surface area (Å²) in [5.74, 6) is 1.25. The second-order valence-corrected chi connectivity index (χ2v) is 9.07. The van der Waals surface area contributed by atoms with Gasteiger partial charge in [0.15, 0.2) is 11.6 Å². The van der Waals surface area contributed by atoms with Gasteiger partial charge in [0, 0.05) is 49.3 Å². The first-order chi connectivity index (χ1) is 18.1. The standard InChI is InChI=1S/C26H20F4N6O2/c1-3-20-17(14-36(2)34-20)9-22-31-12-18(13-32-22)15-4-5-16(19(27)8-15)10-24(37)33-23-11-21(38-35-23)25(6-7-25)26(28,29)30/h1,4-5,8,11-14H,6-7,9-10H2,2H3,(H,33,35,37). The molecule has 0 bridgehead atoms. The van der Waals surface area contributed by atoms with Crippen LogP contribution in [0.1, 0.15) is 41.2 Å². The third kappa shape index (κ3) is 4.87. The lowest BCUT2D eigenvalue weighted by atomic mass is 10.0. The molecule has 0 saturated heterocycles. The van der Waals surface area contributed by atoms with Crippen LogP contribution in [0.2, 0.25) is 0 Å². The smallest absolute Gasteiger partial charge is 0.358 e. The van der Waals surface area contributed by atoms with Gasteiger partial charge < -0.3 is 9.84 Å². The third-order valence-corrected chi connectivity index (χ3v) is 6.37. The molecule has 0 aliphatic heterocycles. The molecule has 194 valence electrons. The number of aryl methyl sites for hydroxylation is 1. The van der Waals surface area contributed by atoms with Crippen molar-refractivity contribution in [3.8, 4) is 23.5 Å². The zero-order valence-electron chi connectivity index (χ0n) is 20.0. The van der Waals surface area contributed by atoms with E-state index in [4.69, 9.17) is 10.9 Å². The molecule has 38 heavy (non-hydrogen) atoms. The van der Waals surface area contributed by atoms with Gasteiger partial charge in [-0.15, -0.1) is 6.42 Å². The highest BCUT2D eigenvalue weighted by atomic mass is 19.4. The molecule has 1 fully saturated rings. The first-order valence-electron chi connectivity index (χ1n) is 11.5. The SMILES string of the molecule is C#Cc1nn(C)cc1Cc1ncc(-c2ccc(CC(=O)Nc3cc(C4(C(F)(F)F)CC4)on3)c(F)c2)cn1. The number of nitrogens with zero attached hydrogens (tertiary/aromatic N) is 5. The monoisotopic (exact) mass is 524 g/mol. The molecule has 3 aromatic heterocycles. The summed E-state index contributed by atoms with van der Waals surface area (Å²) in [6, 6.07) is 5.39. The molecular formula is C26H20F4N6O2. The summed E-state index contributed by atoms with van der Waals surface area (Å²) in [5.41, 5.74) is 0.452. The fourth-order valence-corrected chi connectivity index (χ4v) is 4.14. The second-order valence-electron chi connectivity index (χ2n) is 9.07. The normalized spacial score (nSPS) is 14.2. The summed E-state index contributed by atoms with van der Waals surface area (Å²) < 4.78 is 61.0. The maximum absolute atomic E-state index is 14.8. The molecule has 1 amide bonds. The van der Waals surface area contributed by atoms with Gasteiger partial charge in [-0.3, -0.25) is 9.48 Å². The Labute approximate surface area is 214 Å². The molecule has 0 radical (unpaired) electrons. The number of aromatic nitrogens is 5. The van der Waals surface area contributed by atoms with Crippen molar-refractivity contribution in [2.45, 2.75) is 37.3 Å². The van der Waals surface area contributed by atoms with Crippen LogP contribution in [0.3, 0.4) is 0 Å². The van der Waals surface area contributed by atoms with E-state index >= 15 is 0 Å². The number of nitrogens with one attached hydrogen (secondary N) is 1. The molecule has 8 nitrogen and oxygen atoms in total. The maximum Gasteiger partial charge on any atom is 0.401 e. The number of hydrogen-bond acceptors (Lipinski definition) is 6. The van der Waals surface area contributed by atoms with Gasteiger partial charge in [-0.05, 0) is 36.0 Å². The molecule has 0 unspecified atom stereocenters. The average Bonchev–Trinajstić information content (AvgIpc) is 3.45. The number of amides is 1. The third-order valence-electron chi connectivity index (χ3n) is 6.37. The summed E-state index contributed by atoms with van der Waals surface area (Å²) in [6.45, 7) is 0. The number of anilines is 1. The van der Waals surface area contributed by atoms with E-state index in [2.05, 4.69) is 31.5 Å². The summed E-state index contributed by atoms with van der Waals surface area (Å²) in [4.78, 5) is 21.0. The molecule has 1 aliphatic carbocycles. The molecule has 1 aliphatic rings. The Bertz CT molecular complexity index is 1550. The molecule has 3 heterocycles. The first kappa shape index (κ1) is 25.1. The van der Waals surface area contributed by atoms with Crippen molar-refractivity contribution in [2.75, 3.05) is 5.32 Å². The minimum Gasteiger partial charge on any atom is -0.358 e. The highest BCUT2D eigenvalue weighted by Gasteiger charge is 2.66. The van der Waals surface area contributed by atoms with Crippen molar-refractivity contribution in [3.05, 3.63) is 77.1 Å². The number of terminal acetylenes is 1. The fraction of sp³-hybridized carbons (Fsp3) is 0.269. The van der Waals surface area contributed by atoms with Gasteiger partial charge in [0.05, 0.1) is 6.42 Å². The van der Waals surface area contributed by atoms with Crippen LogP contribution in [0.25, 0.3) is 11.1 Å². The van der Waals surface area contributed by atoms with Crippen LogP contribution in [0.4, 0.5) is 23.4 Å². The molecule has 0 atom stereocenters. The lowest BCUT2D eigenvalue weighted by Crippen LogP contribution is -2.28. The molecular weight excluding hydrogens is 504 g/mol. The predicted octanol–water partition coefficient (Wildman–Crippen LogP) is 4.35. The van der Waals surface area contributed by atoms with Gasteiger partial charge in [0.1, 0.15) is 22.8 Å². The molecule has 1 aromatic carbocycles. The number of halogens is 4. The lowest BCUT2D eigenvalue weighted by Gasteiger charge is -2.14. The summed E-state index contributed by atoms with van der Waals surface area (Å²) in [6.07, 6.45) is 5.78. The van der Waals surface area contributed by atoms with Crippen LogP contribution in [0.15, 0.2) is 47.4 Å². The molecule has 1 N–H and O–H groups in total. The van der Waals surface area contributed by atoms with E-state index < -0.39 is 23.3 Å². The average molecular weight is 524 g/mol. The molecule has 5 rings (SSSR count).